The van der Waals surface area contributed by atoms with Gasteiger partial charge in [-0.1, -0.05) is 0 Å². The van der Waals surface area contributed by atoms with Crippen molar-refractivity contribution in [1.29, 1.82) is 5.26 Å². The van der Waals surface area contributed by atoms with Crippen molar-refractivity contribution in [2.45, 2.75) is 13.5 Å². The molecule has 0 atom stereocenters. The van der Waals surface area contributed by atoms with Gasteiger partial charge >= 0.3 is 0 Å². The monoisotopic (exact) mass is 290 g/mol. The van der Waals surface area contributed by atoms with Gasteiger partial charge < -0.3 is 16.8 Å². The van der Waals surface area contributed by atoms with Gasteiger partial charge in [0.2, 0.25) is 0 Å². The number of hydrogen-bond donors (Lipinski definition) is 3. The van der Waals surface area contributed by atoms with E-state index in [1.54, 1.807) is 4.68 Å². The molecule has 5 N–H and O–H groups in total. The number of aryl methyl sites for hydroxylation is 2. The average Bonchev–Trinajstić information content (AvgIpc) is 2.86. The molecule has 0 aliphatic heterocycles. The molecule has 2 aromatic heterocycles. The van der Waals surface area contributed by atoms with Gasteiger partial charge in [-0.3, -0.25) is 9.48 Å². The van der Waals surface area contributed by atoms with Crippen molar-refractivity contribution >= 4 is 27.9 Å². The maximum absolute atomic E-state index is 11.4. The molecule has 0 aliphatic rings. The van der Waals surface area contributed by atoms with Crippen LogP contribution in [0.1, 0.15) is 26.5 Å². The molecule has 0 spiro atoms. The molecule has 0 aliphatic carbocycles. The van der Waals surface area contributed by atoms with Crippen LogP contribution in [-0.4, -0.2) is 15.7 Å². The fourth-order valence-electron chi connectivity index (χ4n) is 1.89. The number of anilines is 2. The Balaban J connectivity index is 2.28. The van der Waals surface area contributed by atoms with E-state index in [-0.39, 0.29) is 16.1 Å². The minimum absolute atomic E-state index is 0.135. The molecular weight excluding hydrogens is 276 g/mol. The van der Waals surface area contributed by atoms with Gasteiger partial charge in [0.25, 0.3) is 5.91 Å². The standard InChI is InChI=1S/C12H14N6OS/c1-6-7(5-18(2)17-6)4-16-12-9(11(15)19)10(14)8(3-13)20-12/h5,16H,4,14H2,1-2H3,(H2,15,19). The number of nitriles is 1. The highest BCUT2D eigenvalue weighted by atomic mass is 32.1. The Bertz CT molecular complexity index is 708. The number of carbonyl (C=O) groups excluding carboxylic acids is 1. The van der Waals surface area contributed by atoms with E-state index >= 15 is 0 Å². The Labute approximate surface area is 119 Å². The normalized spacial score (nSPS) is 10.2. The highest BCUT2D eigenvalue weighted by molar-refractivity contribution is 7.17. The van der Waals surface area contributed by atoms with Gasteiger partial charge in [-0.15, -0.1) is 11.3 Å². The first-order valence-corrected chi connectivity index (χ1v) is 6.60. The molecule has 0 bridgehead atoms. The van der Waals surface area contributed by atoms with Gasteiger partial charge in [-0.2, -0.15) is 10.4 Å². The SMILES string of the molecule is Cc1nn(C)cc1CNc1sc(C#N)c(N)c1C(N)=O. The summed E-state index contributed by atoms with van der Waals surface area (Å²) in [4.78, 5) is 11.7. The summed E-state index contributed by atoms with van der Waals surface area (Å²) in [5.74, 6) is -0.648. The number of hydrogen-bond acceptors (Lipinski definition) is 6. The number of aromatic nitrogens is 2. The third-order valence-electron chi connectivity index (χ3n) is 2.85. The molecule has 8 heteroatoms. The quantitative estimate of drug-likeness (QED) is 0.773. The van der Waals surface area contributed by atoms with Crippen LogP contribution in [0.15, 0.2) is 6.20 Å². The molecule has 0 fully saturated rings. The number of nitrogens with one attached hydrogen (secondary N) is 1. The minimum atomic E-state index is -0.648. The number of nitrogen functional groups attached to an aromatic ring is 1. The topological polar surface area (TPSA) is 123 Å². The molecule has 2 heterocycles. The smallest absolute Gasteiger partial charge is 0.253 e. The second-order valence-electron chi connectivity index (χ2n) is 4.29. The summed E-state index contributed by atoms with van der Waals surface area (Å²) in [6.07, 6.45) is 1.88. The highest BCUT2D eigenvalue weighted by Crippen LogP contribution is 2.35. The zero-order valence-electron chi connectivity index (χ0n) is 11.1. The third-order valence-corrected chi connectivity index (χ3v) is 3.92. The molecule has 0 saturated carbocycles. The predicted octanol–water partition coefficient (Wildman–Crippen LogP) is 0.955. The zero-order chi connectivity index (χ0) is 14.9. The van der Waals surface area contributed by atoms with Crippen LogP contribution in [0.2, 0.25) is 0 Å². The van der Waals surface area contributed by atoms with Crippen LogP contribution >= 0.6 is 11.3 Å². The van der Waals surface area contributed by atoms with E-state index in [1.807, 2.05) is 26.2 Å². The van der Waals surface area contributed by atoms with Crippen LogP contribution < -0.4 is 16.8 Å². The van der Waals surface area contributed by atoms with E-state index < -0.39 is 5.91 Å². The molecule has 1 amide bonds. The van der Waals surface area contributed by atoms with Crippen LogP contribution in [0.4, 0.5) is 10.7 Å². The molecule has 2 aromatic rings. The number of carbonyl (C=O) groups is 1. The summed E-state index contributed by atoms with van der Waals surface area (Å²) in [7, 11) is 1.84. The van der Waals surface area contributed by atoms with Gasteiger partial charge in [0.15, 0.2) is 0 Å². The summed E-state index contributed by atoms with van der Waals surface area (Å²) < 4.78 is 1.71. The van der Waals surface area contributed by atoms with Gasteiger partial charge in [0, 0.05) is 25.4 Å². The second-order valence-corrected chi connectivity index (χ2v) is 5.31. The Morgan fingerprint density at radius 2 is 2.35 bits per heavy atom. The predicted molar refractivity (Wildman–Crippen MR) is 77.2 cm³/mol. The Hall–Kier alpha value is -2.53. The minimum Gasteiger partial charge on any atom is -0.396 e. The summed E-state index contributed by atoms with van der Waals surface area (Å²) in [5, 5.41) is 16.8. The highest BCUT2D eigenvalue weighted by Gasteiger charge is 2.20. The second kappa shape index (κ2) is 5.22. The lowest BCUT2D eigenvalue weighted by Crippen LogP contribution is -2.14. The van der Waals surface area contributed by atoms with Crippen LogP contribution in [0, 0.1) is 18.3 Å². The van der Waals surface area contributed by atoms with Crippen molar-refractivity contribution < 1.29 is 4.79 Å². The Morgan fingerprint density at radius 1 is 1.65 bits per heavy atom. The molecule has 7 nitrogen and oxygen atoms in total. The summed E-state index contributed by atoms with van der Waals surface area (Å²) in [6.45, 7) is 2.38. The first-order chi connectivity index (χ1) is 9.43. The molecule has 0 unspecified atom stereocenters. The maximum atomic E-state index is 11.4. The van der Waals surface area contributed by atoms with Crippen LogP contribution in [0.5, 0.6) is 0 Å². The summed E-state index contributed by atoms with van der Waals surface area (Å²) in [6, 6.07) is 1.95. The van der Waals surface area contributed by atoms with Crippen molar-refractivity contribution in [1.82, 2.24) is 9.78 Å². The number of primary amides is 1. The fraction of sp³-hybridized carbons (Fsp3) is 0.250. The van der Waals surface area contributed by atoms with Crippen molar-refractivity contribution in [2.75, 3.05) is 11.1 Å². The number of nitrogens with two attached hydrogens (primary N) is 2. The van der Waals surface area contributed by atoms with E-state index in [9.17, 15) is 4.79 Å². The van der Waals surface area contributed by atoms with Crippen molar-refractivity contribution in [3.05, 3.63) is 27.9 Å². The number of thiophene rings is 1. The van der Waals surface area contributed by atoms with Crippen LogP contribution in [0.3, 0.4) is 0 Å². The number of amides is 1. The lowest BCUT2D eigenvalue weighted by atomic mass is 10.2. The number of rotatable bonds is 4. The van der Waals surface area contributed by atoms with Crippen molar-refractivity contribution in [3.63, 3.8) is 0 Å². The lowest BCUT2D eigenvalue weighted by Gasteiger charge is -2.05. The van der Waals surface area contributed by atoms with E-state index in [0.717, 1.165) is 22.6 Å². The number of nitrogens with zero attached hydrogens (tertiary/aromatic N) is 3. The van der Waals surface area contributed by atoms with Crippen molar-refractivity contribution in [2.24, 2.45) is 12.8 Å². The van der Waals surface area contributed by atoms with Crippen LogP contribution in [0.25, 0.3) is 0 Å². The largest absolute Gasteiger partial charge is 0.396 e. The van der Waals surface area contributed by atoms with Gasteiger partial charge in [-0.05, 0) is 6.92 Å². The zero-order valence-corrected chi connectivity index (χ0v) is 11.9. The van der Waals surface area contributed by atoms with Gasteiger partial charge in [0.05, 0.1) is 16.9 Å². The molecule has 2 rings (SSSR count). The fourth-order valence-corrected chi connectivity index (χ4v) is 2.81. The van der Waals surface area contributed by atoms with E-state index in [0.29, 0.717) is 11.5 Å². The third kappa shape index (κ3) is 2.44. The molecular formula is C12H14N6OS. The van der Waals surface area contributed by atoms with E-state index in [1.165, 1.54) is 0 Å². The van der Waals surface area contributed by atoms with E-state index in [4.69, 9.17) is 16.7 Å². The summed E-state index contributed by atoms with van der Waals surface area (Å²) >= 11 is 1.12. The first kappa shape index (κ1) is 13.9. The van der Waals surface area contributed by atoms with Gasteiger partial charge in [-0.25, -0.2) is 0 Å². The molecule has 20 heavy (non-hydrogen) atoms. The molecule has 104 valence electrons. The molecule has 0 saturated heterocycles. The molecule has 0 radical (unpaired) electrons. The Kier molecular flexibility index (Phi) is 3.63. The molecule has 0 aromatic carbocycles. The summed E-state index contributed by atoms with van der Waals surface area (Å²) in [5.41, 5.74) is 13.3. The van der Waals surface area contributed by atoms with Crippen LogP contribution in [-0.2, 0) is 13.6 Å². The average molecular weight is 290 g/mol. The van der Waals surface area contributed by atoms with E-state index in [2.05, 4.69) is 10.4 Å². The van der Waals surface area contributed by atoms with Gasteiger partial charge in [0.1, 0.15) is 15.9 Å². The maximum Gasteiger partial charge on any atom is 0.253 e. The Morgan fingerprint density at radius 3 is 2.85 bits per heavy atom. The lowest BCUT2D eigenvalue weighted by molar-refractivity contribution is 0.100. The van der Waals surface area contributed by atoms with Crippen molar-refractivity contribution in [3.8, 4) is 6.07 Å². The first-order valence-electron chi connectivity index (χ1n) is 5.79.